The summed E-state index contributed by atoms with van der Waals surface area (Å²) in [5.41, 5.74) is 2.84. The maximum Gasteiger partial charge on any atom is 0.228 e. The lowest BCUT2D eigenvalue weighted by Crippen LogP contribution is -2.50. The van der Waals surface area contributed by atoms with Gasteiger partial charge in [-0.05, 0) is 25.0 Å². The molecule has 1 aliphatic heterocycles. The van der Waals surface area contributed by atoms with Gasteiger partial charge in [0.15, 0.2) is 11.6 Å². The molecule has 1 saturated heterocycles. The molecule has 2 aliphatic rings. The number of aryl methyl sites for hydroxylation is 1. The Morgan fingerprint density at radius 1 is 1.35 bits per heavy atom. The van der Waals surface area contributed by atoms with E-state index >= 15 is 0 Å². The van der Waals surface area contributed by atoms with Crippen LogP contribution in [0.2, 0.25) is 0 Å². The lowest BCUT2D eigenvalue weighted by atomic mass is 10.1. The van der Waals surface area contributed by atoms with Gasteiger partial charge in [0.2, 0.25) is 5.91 Å². The summed E-state index contributed by atoms with van der Waals surface area (Å²) in [7, 11) is 1.91. The topological polar surface area (TPSA) is 85.5 Å². The Bertz CT molecular complexity index is 983. The molecule has 3 aromatic heterocycles. The molecule has 2 N–H and O–H groups in total. The first-order valence-corrected chi connectivity index (χ1v) is 8.87. The molecule has 0 radical (unpaired) electrons. The Morgan fingerprint density at radius 3 is 2.92 bits per heavy atom. The van der Waals surface area contributed by atoms with Crippen molar-refractivity contribution in [3.8, 4) is 17.0 Å². The van der Waals surface area contributed by atoms with E-state index in [2.05, 4.69) is 20.8 Å². The molecule has 1 saturated carbocycles. The van der Waals surface area contributed by atoms with E-state index in [1.54, 1.807) is 10.7 Å². The van der Waals surface area contributed by atoms with Crippen molar-refractivity contribution in [3.05, 3.63) is 30.6 Å². The van der Waals surface area contributed by atoms with E-state index in [1.807, 2.05) is 36.1 Å². The number of hydrogen-bond donors (Lipinski definition) is 2. The summed E-state index contributed by atoms with van der Waals surface area (Å²) in [6, 6.07) is 5.90. The minimum atomic E-state index is 0.0602. The standard InChI is InChI=1S/C18H20N6O2/c1-23-17(15(10-20-23)26-14-8-19-9-14)12-4-5-24-13(6-12)7-16(22-24)21-18(25)11-2-3-11/h4-7,10-11,14,19H,2-3,8-9H2,1H3,(H,21,22,25). The van der Waals surface area contributed by atoms with E-state index in [0.717, 1.165) is 48.5 Å². The zero-order chi connectivity index (χ0) is 17.7. The second-order valence-electron chi connectivity index (χ2n) is 6.96. The van der Waals surface area contributed by atoms with E-state index in [9.17, 15) is 4.79 Å². The number of carbonyl (C=O) groups excluding carboxylic acids is 1. The average molecular weight is 352 g/mol. The van der Waals surface area contributed by atoms with Gasteiger partial charge in [-0.25, -0.2) is 4.52 Å². The first-order chi connectivity index (χ1) is 12.7. The Morgan fingerprint density at radius 2 is 2.19 bits per heavy atom. The Labute approximate surface area is 150 Å². The van der Waals surface area contributed by atoms with E-state index in [4.69, 9.17) is 4.74 Å². The largest absolute Gasteiger partial charge is 0.484 e. The molecule has 134 valence electrons. The maximum atomic E-state index is 11.9. The van der Waals surface area contributed by atoms with Crippen LogP contribution in [0.15, 0.2) is 30.6 Å². The second kappa shape index (κ2) is 5.84. The molecule has 2 fully saturated rings. The summed E-state index contributed by atoms with van der Waals surface area (Å²) in [5, 5.41) is 14.9. The zero-order valence-corrected chi connectivity index (χ0v) is 14.5. The predicted molar refractivity (Wildman–Crippen MR) is 96.0 cm³/mol. The molecular weight excluding hydrogens is 332 g/mol. The molecule has 26 heavy (non-hydrogen) atoms. The van der Waals surface area contributed by atoms with Gasteiger partial charge in [0, 0.05) is 43.9 Å². The predicted octanol–water partition coefficient (Wildman–Crippen LogP) is 1.43. The normalized spacial score (nSPS) is 17.3. The van der Waals surface area contributed by atoms with Crippen molar-refractivity contribution < 1.29 is 9.53 Å². The van der Waals surface area contributed by atoms with Gasteiger partial charge in [0.25, 0.3) is 0 Å². The van der Waals surface area contributed by atoms with E-state index < -0.39 is 0 Å². The molecule has 0 atom stereocenters. The van der Waals surface area contributed by atoms with Gasteiger partial charge in [0.1, 0.15) is 11.8 Å². The molecule has 8 heteroatoms. The number of anilines is 1. The number of aromatic nitrogens is 4. The molecule has 0 bridgehead atoms. The number of fused-ring (bicyclic) bond motifs is 1. The number of pyridine rings is 1. The van der Waals surface area contributed by atoms with Crippen molar-refractivity contribution >= 4 is 17.2 Å². The summed E-state index contributed by atoms with van der Waals surface area (Å²) in [4.78, 5) is 11.9. The molecule has 8 nitrogen and oxygen atoms in total. The summed E-state index contributed by atoms with van der Waals surface area (Å²) in [5.74, 6) is 1.58. The Kier molecular flexibility index (Phi) is 3.46. The summed E-state index contributed by atoms with van der Waals surface area (Å²) >= 11 is 0. The van der Waals surface area contributed by atoms with Crippen molar-refractivity contribution in [2.45, 2.75) is 18.9 Å². The smallest absolute Gasteiger partial charge is 0.228 e. The van der Waals surface area contributed by atoms with Gasteiger partial charge in [0.05, 0.1) is 11.7 Å². The van der Waals surface area contributed by atoms with Gasteiger partial charge in [-0.15, -0.1) is 0 Å². The maximum absolute atomic E-state index is 11.9. The highest BCUT2D eigenvalue weighted by Gasteiger charge is 2.30. The Balaban J connectivity index is 1.45. The van der Waals surface area contributed by atoms with Gasteiger partial charge in [-0.3, -0.25) is 9.48 Å². The molecule has 0 aromatic carbocycles. The minimum absolute atomic E-state index is 0.0602. The molecule has 1 amide bonds. The highest BCUT2D eigenvalue weighted by atomic mass is 16.5. The van der Waals surface area contributed by atoms with Crippen LogP contribution in [0.3, 0.4) is 0 Å². The fourth-order valence-corrected chi connectivity index (χ4v) is 3.13. The average Bonchev–Trinajstić information content (AvgIpc) is 3.27. The SMILES string of the molecule is Cn1ncc(OC2CNC2)c1-c1ccn2nc(NC(=O)C3CC3)cc2c1. The molecule has 0 spiro atoms. The van der Waals surface area contributed by atoms with Gasteiger partial charge < -0.3 is 15.4 Å². The minimum Gasteiger partial charge on any atom is -0.484 e. The van der Waals surface area contributed by atoms with E-state index in [-0.39, 0.29) is 17.9 Å². The number of nitrogens with one attached hydrogen (secondary N) is 2. The third-order valence-electron chi connectivity index (χ3n) is 4.88. The molecular formula is C18H20N6O2. The molecule has 3 aromatic rings. The fourth-order valence-electron chi connectivity index (χ4n) is 3.13. The van der Waals surface area contributed by atoms with Crippen molar-refractivity contribution in [3.63, 3.8) is 0 Å². The summed E-state index contributed by atoms with van der Waals surface area (Å²) in [6.45, 7) is 1.72. The monoisotopic (exact) mass is 352 g/mol. The number of rotatable bonds is 5. The van der Waals surface area contributed by atoms with E-state index in [0.29, 0.717) is 5.82 Å². The van der Waals surface area contributed by atoms with Crippen LogP contribution in [0.1, 0.15) is 12.8 Å². The molecule has 1 aliphatic carbocycles. The number of ether oxygens (including phenoxy) is 1. The van der Waals surface area contributed by atoms with Crippen LogP contribution >= 0.6 is 0 Å². The van der Waals surface area contributed by atoms with Crippen LogP contribution in [0.5, 0.6) is 5.75 Å². The van der Waals surface area contributed by atoms with Crippen LogP contribution in [0.4, 0.5) is 5.82 Å². The third kappa shape index (κ3) is 2.72. The van der Waals surface area contributed by atoms with Crippen molar-refractivity contribution in [2.24, 2.45) is 13.0 Å². The Hall–Kier alpha value is -2.87. The lowest BCUT2D eigenvalue weighted by molar-refractivity contribution is -0.117. The van der Waals surface area contributed by atoms with Crippen LogP contribution in [0.25, 0.3) is 16.8 Å². The third-order valence-corrected chi connectivity index (χ3v) is 4.88. The molecule has 4 heterocycles. The lowest BCUT2D eigenvalue weighted by Gasteiger charge is -2.27. The highest BCUT2D eigenvalue weighted by molar-refractivity contribution is 5.93. The van der Waals surface area contributed by atoms with Gasteiger partial charge >= 0.3 is 0 Å². The number of carbonyl (C=O) groups is 1. The fraction of sp³-hybridized carbons (Fsp3) is 0.389. The van der Waals surface area contributed by atoms with Crippen LogP contribution in [-0.4, -0.2) is 44.5 Å². The van der Waals surface area contributed by atoms with Crippen molar-refractivity contribution in [2.75, 3.05) is 18.4 Å². The van der Waals surface area contributed by atoms with Crippen LogP contribution in [0, 0.1) is 5.92 Å². The van der Waals surface area contributed by atoms with Crippen molar-refractivity contribution in [1.29, 1.82) is 0 Å². The number of nitrogens with zero attached hydrogens (tertiary/aromatic N) is 4. The first-order valence-electron chi connectivity index (χ1n) is 8.87. The van der Waals surface area contributed by atoms with Crippen LogP contribution < -0.4 is 15.4 Å². The van der Waals surface area contributed by atoms with Gasteiger partial charge in [-0.1, -0.05) is 0 Å². The summed E-state index contributed by atoms with van der Waals surface area (Å²) < 4.78 is 9.62. The quantitative estimate of drug-likeness (QED) is 0.726. The molecule has 5 rings (SSSR count). The first kappa shape index (κ1) is 15.4. The van der Waals surface area contributed by atoms with Gasteiger partial charge in [-0.2, -0.15) is 10.2 Å². The highest BCUT2D eigenvalue weighted by Crippen LogP contribution is 2.32. The number of hydrogen-bond acceptors (Lipinski definition) is 5. The van der Waals surface area contributed by atoms with Crippen LogP contribution in [-0.2, 0) is 11.8 Å². The molecule has 0 unspecified atom stereocenters. The zero-order valence-electron chi connectivity index (χ0n) is 14.5. The summed E-state index contributed by atoms with van der Waals surface area (Å²) in [6.07, 6.45) is 5.79. The second-order valence-corrected chi connectivity index (χ2v) is 6.96. The number of amides is 1. The van der Waals surface area contributed by atoms with Crippen molar-refractivity contribution in [1.82, 2.24) is 24.7 Å². The van der Waals surface area contributed by atoms with E-state index in [1.165, 1.54) is 0 Å².